The Morgan fingerprint density at radius 2 is 2.04 bits per heavy atom. The van der Waals surface area contributed by atoms with Crippen LogP contribution in [0.5, 0.6) is 0 Å². The van der Waals surface area contributed by atoms with Crippen LogP contribution in [0.1, 0.15) is 15.4 Å². The molecule has 140 valence electrons. The van der Waals surface area contributed by atoms with Gasteiger partial charge in [-0.15, -0.1) is 11.3 Å². The summed E-state index contributed by atoms with van der Waals surface area (Å²) >= 11 is 1.63. The Morgan fingerprint density at radius 1 is 1.21 bits per heavy atom. The van der Waals surface area contributed by atoms with Gasteiger partial charge in [0.15, 0.2) is 0 Å². The Hall–Kier alpha value is -3.19. The number of aromatic amines is 1. The number of hydrogen-bond acceptors (Lipinski definition) is 4. The summed E-state index contributed by atoms with van der Waals surface area (Å²) in [5.41, 5.74) is 3.22. The van der Waals surface area contributed by atoms with E-state index in [0.29, 0.717) is 18.7 Å². The quantitative estimate of drug-likeness (QED) is 0.559. The van der Waals surface area contributed by atoms with Crippen LogP contribution >= 0.6 is 11.3 Å². The van der Waals surface area contributed by atoms with E-state index in [-0.39, 0.29) is 17.7 Å². The molecule has 0 bridgehead atoms. The number of carbonyl (C=O) groups excluding carboxylic acids is 2. The van der Waals surface area contributed by atoms with Crippen molar-refractivity contribution in [2.75, 3.05) is 18.4 Å². The van der Waals surface area contributed by atoms with E-state index in [4.69, 9.17) is 0 Å². The molecule has 1 saturated heterocycles. The number of para-hydroxylation sites is 1. The first-order valence-corrected chi connectivity index (χ1v) is 9.93. The second-order valence-electron chi connectivity index (χ2n) is 7.06. The number of aromatic nitrogens is 2. The highest BCUT2D eigenvalue weighted by molar-refractivity contribution is 7.18. The molecule has 5 rings (SSSR count). The van der Waals surface area contributed by atoms with Crippen molar-refractivity contribution in [2.45, 2.75) is 6.92 Å². The lowest BCUT2D eigenvalue weighted by atomic mass is 9.97. The molecule has 0 unspecified atom stereocenters. The molecule has 2 N–H and O–H groups in total. The number of anilines is 1. The van der Waals surface area contributed by atoms with Gasteiger partial charge in [-0.25, -0.2) is 4.98 Å². The molecule has 3 heterocycles. The van der Waals surface area contributed by atoms with Gasteiger partial charge in [0.1, 0.15) is 0 Å². The summed E-state index contributed by atoms with van der Waals surface area (Å²) < 4.78 is 1.11. The fraction of sp³-hybridized carbons (Fsp3) is 0.190. The Kier molecular flexibility index (Phi) is 3.91. The van der Waals surface area contributed by atoms with Crippen LogP contribution < -0.4 is 5.32 Å². The third-order valence-corrected chi connectivity index (χ3v) is 6.07. The number of rotatable bonds is 3. The number of amides is 2. The summed E-state index contributed by atoms with van der Waals surface area (Å²) in [6, 6.07) is 13.5. The summed E-state index contributed by atoms with van der Waals surface area (Å²) in [4.78, 5) is 34.6. The zero-order valence-electron chi connectivity index (χ0n) is 15.2. The maximum Gasteiger partial charge on any atom is 0.256 e. The highest BCUT2D eigenvalue weighted by Gasteiger charge is 2.36. The predicted molar refractivity (Wildman–Crippen MR) is 111 cm³/mol. The van der Waals surface area contributed by atoms with E-state index in [9.17, 15) is 9.59 Å². The standard InChI is InChI=1S/C21H18N4O2S/c1-12-23-18-8-14(6-7-19(18)28-12)24-20(26)13-10-25(11-13)21(27)16-9-22-17-5-3-2-4-15(16)17/h2-9,13,22H,10-11H2,1H3,(H,24,26). The van der Waals surface area contributed by atoms with E-state index < -0.39 is 0 Å². The summed E-state index contributed by atoms with van der Waals surface area (Å²) in [6.07, 6.45) is 1.74. The number of thiazole rings is 1. The third kappa shape index (κ3) is 2.84. The average Bonchev–Trinajstić information content (AvgIpc) is 3.22. The van der Waals surface area contributed by atoms with Crippen molar-refractivity contribution in [1.82, 2.24) is 14.9 Å². The zero-order chi connectivity index (χ0) is 19.3. The largest absolute Gasteiger partial charge is 0.360 e. The summed E-state index contributed by atoms with van der Waals surface area (Å²) in [5, 5.41) is 4.86. The van der Waals surface area contributed by atoms with Crippen LogP contribution in [0.25, 0.3) is 21.1 Å². The molecule has 0 spiro atoms. The van der Waals surface area contributed by atoms with Gasteiger partial charge in [0.25, 0.3) is 5.91 Å². The molecule has 2 aromatic heterocycles. The summed E-state index contributed by atoms with van der Waals surface area (Å²) in [7, 11) is 0. The molecule has 2 aromatic carbocycles. The fourth-order valence-electron chi connectivity index (χ4n) is 3.59. The Labute approximate surface area is 165 Å². The van der Waals surface area contributed by atoms with E-state index in [1.54, 1.807) is 22.4 Å². The topological polar surface area (TPSA) is 78.1 Å². The van der Waals surface area contributed by atoms with Crippen molar-refractivity contribution in [3.8, 4) is 0 Å². The van der Waals surface area contributed by atoms with E-state index in [2.05, 4.69) is 15.3 Å². The molecule has 0 atom stereocenters. The summed E-state index contributed by atoms with van der Waals surface area (Å²) in [5.74, 6) is -0.294. The van der Waals surface area contributed by atoms with Crippen LogP contribution in [0.15, 0.2) is 48.7 Å². The molecule has 0 radical (unpaired) electrons. The SMILES string of the molecule is Cc1nc2cc(NC(=O)C3CN(C(=O)c4c[nH]c5ccccc45)C3)ccc2s1. The van der Waals surface area contributed by atoms with Crippen molar-refractivity contribution in [3.63, 3.8) is 0 Å². The number of nitrogens with zero attached hydrogens (tertiary/aromatic N) is 2. The van der Waals surface area contributed by atoms with E-state index in [0.717, 1.165) is 31.8 Å². The highest BCUT2D eigenvalue weighted by atomic mass is 32.1. The van der Waals surface area contributed by atoms with Gasteiger partial charge in [0, 0.05) is 35.9 Å². The highest BCUT2D eigenvalue weighted by Crippen LogP contribution is 2.27. The van der Waals surface area contributed by atoms with Gasteiger partial charge >= 0.3 is 0 Å². The molecule has 1 aliphatic rings. The molecule has 0 saturated carbocycles. The first kappa shape index (κ1) is 16.9. The zero-order valence-corrected chi connectivity index (χ0v) is 16.0. The molecule has 1 aliphatic heterocycles. The minimum absolute atomic E-state index is 0.0409. The van der Waals surface area contributed by atoms with Gasteiger partial charge in [-0.05, 0) is 31.2 Å². The molecule has 1 fully saturated rings. The predicted octanol–water partition coefficient (Wildman–Crippen LogP) is 3.80. The summed E-state index contributed by atoms with van der Waals surface area (Å²) in [6.45, 7) is 2.83. The van der Waals surface area contributed by atoms with Crippen LogP contribution in [0.2, 0.25) is 0 Å². The number of hydrogen-bond donors (Lipinski definition) is 2. The van der Waals surface area contributed by atoms with Crippen LogP contribution in [0.4, 0.5) is 5.69 Å². The normalized spacial score (nSPS) is 14.4. The Bertz CT molecular complexity index is 1220. The van der Waals surface area contributed by atoms with Gasteiger partial charge < -0.3 is 15.2 Å². The monoisotopic (exact) mass is 390 g/mol. The Balaban J connectivity index is 1.24. The van der Waals surface area contributed by atoms with Gasteiger partial charge in [-0.1, -0.05) is 18.2 Å². The first-order valence-electron chi connectivity index (χ1n) is 9.12. The molecule has 6 nitrogen and oxygen atoms in total. The molecule has 28 heavy (non-hydrogen) atoms. The van der Waals surface area contributed by atoms with E-state index in [1.165, 1.54) is 0 Å². The molecular weight excluding hydrogens is 372 g/mol. The van der Waals surface area contributed by atoms with Crippen LogP contribution in [-0.4, -0.2) is 39.8 Å². The second kappa shape index (κ2) is 6.45. The number of aryl methyl sites for hydroxylation is 1. The van der Waals surface area contributed by atoms with Crippen LogP contribution in [0, 0.1) is 12.8 Å². The average molecular weight is 390 g/mol. The van der Waals surface area contributed by atoms with Gasteiger partial charge in [0.05, 0.1) is 26.7 Å². The number of nitrogens with one attached hydrogen (secondary N) is 2. The van der Waals surface area contributed by atoms with E-state index in [1.807, 2.05) is 49.4 Å². The lowest BCUT2D eigenvalue weighted by Crippen LogP contribution is -2.54. The minimum atomic E-state index is -0.193. The van der Waals surface area contributed by atoms with Crippen molar-refractivity contribution in [1.29, 1.82) is 0 Å². The first-order chi connectivity index (χ1) is 13.6. The van der Waals surface area contributed by atoms with Crippen LogP contribution in [-0.2, 0) is 4.79 Å². The molecular formula is C21H18N4O2S. The molecule has 0 aliphatic carbocycles. The van der Waals surface area contributed by atoms with Crippen LogP contribution in [0.3, 0.4) is 0 Å². The fourth-order valence-corrected chi connectivity index (χ4v) is 4.40. The molecule has 4 aromatic rings. The lowest BCUT2D eigenvalue weighted by molar-refractivity contribution is -0.123. The number of likely N-dealkylation sites (tertiary alicyclic amines) is 1. The smallest absolute Gasteiger partial charge is 0.256 e. The minimum Gasteiger partial charge on any atom is -0.360 e. The maximum atomic E-state index is 12.7. The lowest BCUT2D eigenvalue weighted by Gasteiger charge is -2.38. The van der Waals surface area contributed by atoms with Gasteiger partial charge in [-0.3, -0.25) is 9.59 Å². The Morgan fingerprint density at radius 3 is 2.89 bits per heavy atom. The molecule has 7 heteroatoms. The number of H-pyrrole nitrogens is 1. The van der Waals surface area contributed by atoms with Crippen molar-refractivity contribution < 1.29 is 9.59 Å². The van der Waals surface area contributed by atoms with Crippen molar-refractivity contribution in [2.24, 2.45) is 5.92 Å². The van der Waals surface area contributed by atoms with Gasteiger partial charge in [0.2, 0.25) is 5.91 Å². The second-order valence-corrected chi connectivity index (χ2v) is 8.29. The molecule has 2 amide bonds. The van der Waals surface area contributed by atoms with Crippen molar-refractivity contribution in [3.05, 3.63) is 59.2 Å². The maximum absolute atomic E-state index is 12.7. The van der Waals surface area contributed by atoms with Crippen molar-refractivity contribution >= 4 is 50.0 Å². The van der Waals surface area contributed by atoms with E-state index >= 15 is 0 Å². The number of carbonyl (C=O) groups is 2. The third-order valence-electron chi connectivity index (χ3n) is 5.12. The number of benzene rings is 2. The number of fused-ring (bicyclic) bond motifs is 2. The van der Waals surface area contributed by atoms with Gasteiger partial charge in [-0.2, -0.15) is 0 Å².